The number of carbonyl (C=O) groups is 1. The molecule has 0 aromatic rings. The van der Waals surface area contributed by atoms with Gasteiger partial charge in [-0.1, -0.05) is 0 Å². The van der Waals surface area contributed by atoms with Crippen LogP contribution in [0.15, 0.2) is 0 Å². The number of amides is 1. The van der Waals surface area contributed by atoms with Crippen molar-refractivity contribution in [2.75, 3.05) is 13.6 Å². The van der Waals surface area contributed by atoms with Crippen LogP contribution in [0, 0.1) is 29.1 Å². The van der Waals surface area contributed by atoms with Gasteiger partial charge in [0.1, 0.15) is 0 Å². The smallest absolute Gasteiger partial charge is 0.223 e. The zero-order chi connectivity index (χ0) is 14.6. The van der Waals surface area contributed by atoms with E-state index in [0.29, 0.717) is 29.8 Å². The maximum absolute atomic E-state index is 12.8. The monoisotopic (exact) mass is 290 g/mol. The molecule has 3 nitrogen and oxygen atoms in total. The minimum Gasteiger partial charge on any atom is -0.341 e. The van der Waals surface area contributed by atoms with Crippen LogP contribution in [-0.4, -0.2) is 30.4 Å². The Labute approximate surface area is 128 Å². The molecule has 0 heterocycles. The first-order chi connectivity index (χ1) is 10.1. The Morgan fingerprint density at radius 1 is 1.14 bits per heavy atom. The van der Waals surface area contributed by atoms with Gasteiger partial charge in [-0.2, -0.15) is 0 Å². The highest BCUT2D eigenvalue weighted by molar-refractivity contribution is 5.77. The number of nitrogens with two attached hydrogens (primary N) is 1. The number of likely N-dealkylation sites (N-methyl/N-ethyl adjacent to an activating group) is 1. The van der Waals surface area contributed by atoms with Crippen molar-refractivity contribution >= 4 is 5.91 Å². The lowest BCUT2D eigenvalue weighted by Gasteiger charge is -2.57. The Morgan fingerprint density at radius 3 is 2.10 bits per heavy atom. The summed E-state index contributed by atoms with van der Waals surface area (Å²) in [6.45, 7) is 0.633. The summed E-state index contributed by atoms with van der Waals surface area (Å²) in [4.78, 5) is 14.8. The molecular formula is C18H30N2O. The molecule has 0 radical (unpaired) electrons. The van der Waals surface area contributed by atoms with Gasteiger partial charge in [-0.3, -0.25) is 4.79 Å². The average molecular weight is 290 g/mol. The highest BCUT2D eigenvalue weighted by Crippen LogP contribution is 2.61. The SMILES string of the molecule is CN(C(=O)CC12CC3CC(CC(C3)C1)C2)C(CN)C1CC1. The molecule has 5 aliphatic carbocycles. The predicted molar refractivity (Wildman–Crippen MR) is 83.6 cm³/mol. The van der Waals surface area contributed by atoms with E-state index in [1.54, 1.807) is 0 Å². The average Bonchev–Trinajstić information content (AvgIpc) is 3.21. The molecule has 0 spiro atoms. The largest absolute Gasteiger partial charge is 0.341 e. The first kappa shape index (κ1) is 14.0. The van der Waals surface area contributed by atoms with E-state index in [1.807, 2.05) is 11.9 Å². The second-order valence-corrected chi connectivity index (χ2v) is 8.74. The molecule has 0 aromatic carbocycles. The Morgan fingerprint density at radius 2 is 1.67 bits per heavy atom. The quantitative estimate of drug-likeness (QED) is 0.846. The molecule has 5 fully saturated rings. The summed E-state index contributed by atoms with van der Waals surface area (Å²) in [6, 6.07) is 0.298. The van der Waals surface area contributed by atoms with E-state index in [-0.39, 0.29) is 0 Å². The van der Waals surface area contributed by atoms with Gasteiger partial charge < -0.3 is 10.6 Å². The lowest BCUT2D eigenvalue weighted by Crippen LogP contribution is -2.50. The molecule has 3 heteroatoms. The van der Waals surface area contributed by atoms with Crippen LogP contribution in [0.4, 0.5) is 0 Å². The van der Waals surface area contributed by atoms with E-state index < -0.39 is 0 Å². The molecule has 0 aliphatic heterocycles. The summed E-state index contributed by atoms with van der Waals surface area (Å²) in [5.74, 6) is 3.86. The van der Waals surface area contributed by atoms with Crippen LogP contribution < -0.4 is 5.73 Å². The van der Waals surface area contributed by atoms with Crippen molar-refractivity contribution in [2.24, 2.45) is 34.8 Å². The Bertz CT molecular complexity index is 394. The van der Waals surface area contributed by atoms with Crippen molar-refractivity contribution in [1.29, 1.82) is 0 Å². The standard InChI is InChI=1S/C18H30N2O/c1-20(16(11-19)15-2-3-15)17(21)10-18-7-12-4-13(8-18)6-14(5-12)9-18/h12-16H,2-11,19H2,1H3. The predicted octanol–water partition coefficient (Wildman–Crippen LogP) is 2.79. The van der Waals surface area contributed by atoms with Crippen molar-refractivity contribution in [3.63, 3.8) is 0 Å². The second kappa shape index (κ2) is 4.97. The topological polar surface area (TPSA) is 46.3 Å². The fourth-order valence-electron chi connectivity index (χ4n) is 6.28. The summed E-state index contributed by atoms with van der Waals surface area (Å²) in [7, 11) is 2.00. The molecule has 5 rings (SSSR count). The number of nitrogens with zero attached hydrogens (tertiary/aromatic N) is 1. The molecule has 5 aliphatic rings. The molecule has 0 aromatic heterocycles. The molecule has 118 valence electrons. The zero-order valence-electron chi connectivity index (χ0n) is 13.4. The van der Waals surface area contributed by atoms with Crippen molar-refractivity contribution in [1.82, 2.24) is 4.90 Å². The molecule has 5 saturated carbocycles. The highest BCUT2D eigenvalue weighted by Gasteiger charge is 2.52. The van der Waals surface area contributed by atoms with Crippen LogP contribution in [-0.2, 0) is 4.79 Å². The Kier molecular flexibility index (Phi) is 3.33. The summed E-state index contributed by atoms with van der Waals surface area (Å²) < 4.78 is 0. The van der Waals surface area contributed by atoms with E-state index in [0.717, 1.165) is 24.2 Å². The fourth-order valence-corrected chi connectivity index (χ4v) is 6.28. The minimum absolute atomic E-state index is 0.298. The number of hydrogen-bond donors (Lipinski definition) is 1. The highest BCUT2D eigenvalue weighted by atomic mass is 16.2. The lowest BCUT2D eigenvalue weighted by atomic mass is 9.49. The van der Waals surface area contributed by atoms with E-state index in [9.17, 15) is 4.79 Å². The minimum atomic E-state index is 0.298. The van der Waals surface area contributed by atoms with Gasteiger partial charge in [0.05, 0.1) is 0 Å². The van der Waals surface area contributed by atoms with Gasteiger partial charge in [-0.15, -0.1) is 0 Å². The molecule has 4 bridgehead atoms. The lowest BCUT2D eigenvalue weighted by molar-refractivity contribution is -0.140. The third-order valence-corrected chi connectivity index (χ3v) is 6.99. The van der Waals surface area contributed by atoms with Crippen LogP contribution in [0.5, 0.6) is 0 Å². The van der Waals surface area contributed by atoms with Crippen LogP contribution in [0.3, 0.4) is 0 Å². The number of hydrogen-bond acceptors (Lipinski definition) is 2. The van der Waals surface area contributed by atoms with Gasteiger partial charge >= 0.3 is 0 Å². The Hall–Kier alpha value is -0.570. The van der Waals surface area contributed by atoms with Crippen LogP contribution in [0.2, 0.25) is 0 Å². The molecule has 0 saturated heterocycles. The third-order valence-electron chi connectivity index (χ3n) is 6.99. The van der Waals surface area contributed by atoms with Crippen molar-refractivity contribution in [2.45, 2.75) is 63.8 Å². The van der Waals surface area contributed by atoms with Gasteiger partial charge in [0.15, 0.2) is 0 Å². The summed E-state index contributed by atoms with van der Waals surface area (Å²) in [6.07, 6.45) is 11.7. The number of carbonyl (C=O) groups excluding carboxylic acids is 1. The van der Waals surface area contributed by atoms with E-state index in [4.69, 9.17) is 5.73 Å². The second-order valence-electron chi connectivity index (χ2n) is 8.74. The third kappa shape index (κ3) is 2.52. The maximum atomic E-state index is 12.8. The van der Waals surface area contributed by atoms with Crippen LogP contribution in [0.25, 0.3) is 0 Å². The van der Waals surface area contributed by atoms with Gasteiger partial charge in [-0.05, 0) is 80.5 Å². The summed E-state index contributed by atoms with van der Waals surface area (Å²) in [5.41, 5.74) is 6.28. The van der Waals surface area contributed by atoms with E-state index in [1.165, 1.54) is 51.4 Å². The normalized spacial score (nSPS) is 42.1. The molecule has 1 unspecified atom stereocenters. The Balaban J connectivity index is 1.44. The molecule has 1 amide bonds. The van der Waals surface area contributed by atoms with Crippen molar-refractivity contribution in [3.05, 3.63) is 0 Å². The molecule has 2 N–H and O–H groups in total. The zero-order valence-corrected chi connectivity index (χ0v) is 13.4. The van der Waals surface area contributed by atoms with Gasteiger partial charge in [0.2, 0.25) is 5.91 Å². The van der Waals surface area contributed by atoms with Gasteiger partial charge in [-0.25, -0.2) is 0 Å². The first-order valence-electron chi connectivity index (χ1n) is 9.04. The fraction of sp³-hybridized carbons (Fsp3) is 0.944. The van der Waals surface area contributed by atoms with Crippen LogP contribution >= 0.6 is 0 Å². The van der Waals surface area contributed by atoms with E-state index >= 15 is 0 Å². The van der Waals surface area contributed by atoms with E-state index in [2.05, 4.69) is 0 Å². The molecular weight excluding hydrogens is 260 g/mol. The number of rotatable bonds is 5. The summed E-state index contributed by atoms with van der Waals surface area (Å²) in [5, 5.41) is 0. The van der Waals surface area contributed by atoms with Crippen LogP contribution in [0.1, 0.15) is 57.8 Å². The molecule has 21 heavy (non-hydrogen) atoms. The molecule has 1 atom stereocenters. The van der Waals surface area contributed by atoms with Gasteiger partial charge in [0, 0.05) is 26.1 Å². The first-order valence-corrected chi connectivity index (χ1v) is 9.04. The summed E-state index contributed by atoms with van der Waals surface area (Å²) >= 11 is 0. The van der Waals surface area contributed by atoms with Gasteiger partial charge in [0.25, 0.3) is 0 Å². The van der Waals surface area contributed by atoms with Crippen molar-refractivity contribution in [3.8, 4) is 0 Å². The maximum Gasteiger partial charge on any atom is 0.223 e. The van der Waals surface area contributed by atoms with Crippen molar-refractivity contribution < 1.29 is 4.79 Å².